The maximum atomic E-state index is 12.7. The number of aliphatic hydroxyl groups is 1. The lowest BCUT2D eigenvalue weighted by atomic mass is 10.1. The molecule has 0 saturated heterocycles. The minimum absolute atomic E-state index is 0.0372. The summed E-state index contributed by atoms with van der Waals surface area (Å²) in [5, 5.41) is 9.28. The minimum Gasteiger partial charge on any atom is -0.493 e. The molecular formula is C17H21N3O5. The van der Waals surface area contributed by atoms with E-state index >= 15 is 0 Å². The third-order valence-corrected chi connectivity index (χ3v) is 3.56. The van der Waals surface area contributed by atoms with E-state index < -0.39 is 11.5 Å². The molecule has 2 N–H and O–H groups in total. The molecule has 8 nitrogen and oxygen atoms in total. The monoisotopic (exact) mass is 347 g/mol. The Morgan fingerprint density at radius 2 is 1.96 bits per heavy atom. The van der Waals surface area contributed by atoms with Gasteiger partial charge in [-0.1, -0.05) is 6.07 Å². The zero-order chi connectivity index (χ0) is 18.4. The number of aliphatic hydroxyl groups excluding tert-OH is 1. The number of ether oxygens (including phenoxy) is 2. The lowest BCUT2D eigenvalue weighted by Crippen LogP contribution is -2.34. The quantitative estimate of drug-likeness (QED) is 0.765. The van der Waals surface area contributed by atoms with Crippen molar-refractivity contribution in [2.24, 2.45) is 0 Å². The van der Waals surface area contributed by atoms with Crippen molar-refractivity contribution in [2.45, 2.75) is 13.5 Å². The zero-order valence-electron chi connectivity index (χ0n) is 14.4. The van der Waals surface area contributed by atoms with E-state index in [1.54, 1.807) is 32.2 Å². The van der Waals surface area contributed by atoms with Crippen molar-refractivity contribution < 1.29 is 19.4 Å². The molecule has 0 atom stereocenters. The molecule has 2 rings (SSSR count). The summed E-state index contributed by atoms with van der Waals surface area (Å²) in [6.45, 7) is 1.73. The number of H-pyrrole nitrogens is 1. The smallest absolute Gasteiger partial charge is 0.273 e. The third-order valence-electron chi connectivity index (χ3n) is 3.56. The number of carbonyl (C=O) groups is 1. The number of nitrogens with zero attached hydrogens (tertiary/aromatic N) is 2. The fraction of sp³-hybridized carbons (Fsp3) is 0.353. The van der Waals surface area contributed by atoms with E-state index in [1.807, 2.05) is 0 Å². The Bertz CT molecular complexity index is 803. The number of aromatic amines is 1. The van der Waals surface area contributed by atoms with Gasteiger partial charge < -0.3 is 24.5 Å². The van der Waals surface area contributed by atoms with Gasteiger partial charge in [-0.3, -0.25) is 9.59 Å². The summed E-state index contributed by atoms with van der Waals surface area (Å²) in [7, 11) is 3.07. The summed E-state index contributed by atoms with van der Waals surface area (Å²) < 4.78 is 10.5. The molecule has 1 heterocycles. The Kier molecular flexibility index (Phi) is 6.13. The molecule has 0 fully saturated rings. The standard InChI is InChI=1S/C17H21N3O5/c1-11-18-13(9-16(22)19-11)17(23)20(6-7-21)10-12-4-5-14(24-2)15(8-12)25-3/h4-5,8-9,21H,6-7,10H2,1-3H3,(H,18,19,22). The molecule has 1 aromatic heterocycles. The van der Waals surface area contributed by atoms with Crippen LogP contribution in [0.1, 0.15) is 21.9 Å². The number of rotatable bonds is 7. The second kappa shape index (κ2) is 8.29. The van der Waals surface area contributed by atoms with Crippen LogP contribution >= 0.6 is 0 Å². The van der Waals surface area contributed by atoms with Crippen LogP contribution in [0.25, 0.3) is 0 Å². The molecule has 134 valence electrons. The molecule has 0 aliphatic rings. The first kappa shape index (κ1) is 18.5. The van der Waals surface area contributed by atoms with Crippen molar-refractivity contribution >= 4 is 5.91 Å². The molecule has 1 amide bonds. The molecule has 0 aliphatic heterocycles. The van der Waals surface area contributed by atoms with Crippen LogP contribution in [-0.2, 0) is 6.54 Å². The van der Waals surface area contributed by atoms with Crippen molar-refractivity contribution in [1.29, 1.82) is 0 Å². The Balaban J connectivity index is 2.28. The van der Waals surface area contributed by atoms with Gasteiger partial charge in [-0.15, -0.1) is 0 Å². The number of hydrogen-bond donors (Lipinski definition) is 2. The van der Waals surface area contributed by atoms with Gasteiger partial charge in [-0.2, -0.15) is 0 Å². The van der Waals surface area contributed by atoms with Gasteiger partial charge in [0.15, 0.2) is 11.5 Å². The van der Waals surface area contributed by atoms with E-state index in [0.29, 0.717) is 17.3 Å². The fourth-order valence-corrected chi connectivity index (χ4v) is 2.42. The molecule has 2 aromatic rings. The fourth-order valence-electron chi connectivity index (χ4n) is 2.42. The van der Waals surface area contributed by atoms with Gasteiger partial charge in [0.25, 0.3) is 11.5 Å². The Labute approximate surface area is 145 Å². The maximum Gasteiger partial charge on any atom is 0.273 e. The molecule has 25 heavy (non-hydrogen) atoms. The van der Waals surface area contributed by atoms with Crippen molar-refractivity contribution in [1.82, 2.24) is 14.9 Å². The largest absolute Gasteiger partial charge is 0.493 e. The highest BCUT2D eigenvalue weighted by Gasteiger charge is 2.19. The van der Waals surface area contributed by atoms with Gasteiger partial charge in [0.05, 0.1) is 20.8 Å². The molecule has 0 aliphatic carbocycles. The van der Waals surface area contributed by atoms with Gasteiger partial charge in [0.2, 0.25) is 0 Å². The number of methoxy groups -OCH3 is 2. The van der Waals surface area contributed by atoms with Crippen molar-refractivity contribution in [3.8, 4) is 11.5 Å². The SMILES string of the molecule is COc1ccc(CN(CCO)C(=O)c2cc(=O)[nH]c(C)n2)cc1OC. The Morgan fingerprint density at radius 1 is 1.24 bits per heavy atom. The lowest BCUT2D eigenvalue weighted by Gasteiger charge is -2.22. The van der Waals surface area contributed by atoms with Crippen LogP contribution < -0.4 is 15.0 Å². The third kappa shape index (κ3) is 4.57. The average molecular weight is 347 g/mol. The van der Waals surface area contributed by atoms with Crippen LogP contribution in [0.2, 0.25) is 0 Å². The van der Waals surface area contributed by atoms with Gasteiger partial charge in [-0.25, -0.2) is 4.98 Å². The van der Waals surface area contributed by atoms with E-state index in [-0.39, 0.29) is 25.4 Å². The van der Waals surface area contributed by atoms with E-state index in [9.17, 15) is 14.7 Å². The number of hydrogen-bond acceptors (Lipinski definition) is 6. The number of benzene rings is 1. The molecule has 0 saturated carbocycles. The predicted octanol–water partition coefficient (Wildman–Crippen LogP) is 0.730. The van der Waals surface area contributed by atoms with E-state index in [4.69, 9.17) is 9.47 Å². The predicted molar refractivity (Wildman–Crippen MR) is 91.0 cm³/mol. The number of aryl methyl sites for hydroxylation is 1. The Morgan fingerprint density at radius 3 is 2.56 bits per heavy atom. The second-order valence-corrected chi connectivity index (χ2v) is 5.36. The van der Waals surface area contributed by atoms with Crippen molar-refractivity contribution in [3.63, 3.8) is 0 Å². The molecule has 1 aromatic carbocycles. The van der Waals surface area contributed by atoms with Gasteiger partial charge >= 0.3 is 0 Å². The van der Waals surface area contributed by atoms with Gasteiger partial charge in [0, 0.05) is 19.2 Å². The highest BCUT2D eigenvalue weighted by atomic mass is 16.5. The lowest BCUT2D eigenvalue weighted by molar-refractivity contribution is 0.0701. The summed E-state index contributed by atoms with van der Waals surface area (Å²) in [6, 6.07) is 6.45. The number of nitrogens with one attached hydrogen (secondary N) is 1. The summed E-state index contributed by atoms with van der Waals surface area (Å²) in [5.41, 5.74) is 0.433. The van der Waals surface area contributed by atoms with Crippen LogP contribution in [0.15, 0.2) is 29.1 Å². The van der Waals surface area contributed by atoms with E-state index in [0.717, 1.165) is 11.6 Å². The zero-order valence-corrected chi connectivity index (χ0v) is 14.4. The van der Waals surface area contributed by atoms with E-state index in [2.05, 4.69) is 9.97 Å². The first-order valence-electron chi connectivity index (χ1n) is 7.67. The summed E-state index contributed by atoms with van der Waals surface area (Å²) in [6.07, 6.45) is 0. The highest BCUT2D eigenvalue weighted by molar-refractivity contribution is 5.92. The van der Waals surface area contributed by atoms with Crippen LogP contribution in [0.4, 0.5) is 0 Å². The van der Waals surface area contributed by atoms with Gasteiger partial charge in [-0.05, 0) is 24.6 Å². The van der Waals surface area contributed by atoms with Crippen LogP contribution in [0.5, 0.6) is 11.5 Å². The van der Waals surface area contributed by atoms with Gasteiger partial charge in [0.1, 0.15) is 11.5 Å². The van der Waals surface area contributed by atoms with Crippen molar-refractivity contribution in [3.05, 3.63) is 51.7 Å². The molecular weight excluding hydrogens is 326 g/mol. The highest BCUT2D eigenvalue weighted by Crippen LogP contribution is 2.28. The molecule has 0 spiro atoms. The minimum atomic E-state index is -0.432. The molecule has 0 radical (unpaired) electrons. The summed E-state index contributed by atoms with van der Waals surface area (Å²) >= 11 is 0. The normalized spacial score (nSPS) is 10.4. The van der Waals surface area contributed by atoms with E-state index in [1.165, 1.54) is 12.0 Å². The van der Waals surface area contributed by atoms with Crippen LogP contribution in [0.3, 0.4) is 0 Å². The number of aromatic nitrogens is 2. The molecule has 0 bridgehead atoms. The first-order valence-corrected chi connectivity index (χ1v) is 7.67. The Hall–Kier alpha value is -2.87. The molecule has 0 unspecified atom stereocenters. The topological polar surface area (TPSA) is 105 Å². The van der Waals surface area contributed by atoms with Crippen molar-refractivity contribution in [2.75, 3.05) is 27.4 Å². The number of carbonyl (C=O) groups excluding carboxylic acids is 1. The number of amides is 1. The summed E-state index contributed by atoms with van der Waals surface area (Å²) in [5.74, 6) is 1.05. The maximum absolute atomic E-state index is 12.7. The first-order chi connectivity index (χ1) is 12.0. The second-order valence-electron chi connectivity index (χ2n) is 5.36. The van der Waals surface area contributed by atoms with Crippen LogP contribution in [0, 0.1) is 6.92 Å². The average Bonchev–Trinajstić information content (AvgIpc) is 2.59. The van der Waals surface area contributed by atoms with Crippen LogP contribution in [-0.4, -0.2) is 53.3 Å². The molecule has 8 heteroatoms. The summed E-state index contributed by atoms with van der Waals surface area (Å²) in [4.78, 5) is 32.2.